The van der Waals surface area contributed by atoms with Crippen LogP contribution >= 0.6 is 0 Å². The van der Waals surface area contributed by atoms with Crippen molar-refractivity contribution in [3.63, 3.8) is 0 Å². The quantitative estimate of drug-likeness (QED) is 0.481. The van der Waals surface area contributed by atoms with Gasteiger partial charge in [0, 0.05) is 19.0 Å². The molecule has 0 saturated heterocycles. The molecule has 3 amide bonds. The summed E-state index contributed by atoms with van der Waals surface area (Å²) in [5.41, 5.74) is 0. The van der Waals surface area contributed by atoms with Gasteiger partial charge in [0.15, 0.2) is 0 Å². The highest BCUT2D eigenvalue weighted by molar-refractivity contribution is 5.82. The van der Waals surface area contributed by atoms with Crippen molar-refractivity contribution in [2.75, 3.05) is 13.1 Å². The average Bonchev–Trinajstić information content (AvgIpc) is 3.17. The number of carboxylic acid groups (broad SMARTS) is 1. The van der Waals surface area contributed by atoms with E-state index in [9.17, 15) is 14.4 Å². The van der Waals surface area contributed by atoms with Gasteiger partial charge in [0.25, 0.3) is 0 Å². The van der Waals surface area contributed by atoms with Gasteiger partial charge in [-0.1, -0.05) is 13.8 Å². The van der Waals surface area contributed by atoms with Crippen molar-refractivity contribution in [1.82, 2.24) is 16.0 Å². The van der Waals surface area contributed by atoms with Crippen LogP contribution in [0.25, 0.3) is 0 Å². The number of amides is 3. The van der Waals surface area contributed by atoms with Gasteiger partial charge in [0.05, 0.1) is 0 Å². The minimum Gasteiger partial charge on any atom is -0.480 e. The van der Waals surface area contributed by atoms with Crippen LogP contribution < -0.4 is 16.0 Å². The Bertz CT molecular complexity index is 367. The zero-order valence-electron chi connectivity index (χ0n) is 11.9. The molecule has 0 aromatic carbocycles. The van der Waals surface area contributed by atoms with Crippen molar-refractivity contribution in [2.45, 2.75) is 39.2 Å². The van der Waals surface area contributed by atoms with Gasteiger partial charge >= 0.3 is 12.0 Å². The van der Waals surface area contributed by atoms with E-state index in [0.29, 0.717) is 13.0 Å². The fourth-order valence-corrected chi connectivity index (χ4v) is 1.75. The number of aliphatic carboxylic acids is 1. The van der Waals surface area contributed by atoms with E-state index in [1.54, 1.807) is 0 Å². The summed E-state index contributed by atoms with van der Waals surface area (Å²) >= 11 is 0. The van der Waals surface area contributed by atoms with Crippen LogP contribution in [0, 0.1) is 11.8 Å². The fourth-order valence-electron chi connectivity index (χ4n) is 1.75. The van der Waals surface area contributed by atoms with E-state index >= 15 is 0 Å². The number of urea groups is 1. The van der Waals surface area contributed by atoms with E-state index in [0.717, 1.165) is 12.8 Å². The molecule has 1 rings (SSSR count). The first-order valence-electron chi connectivity index (χ1n) is 6.95. The minimum absolute atomic E-state index is 0.0235. The Balaban J connectivity index is 2.16. The maximum Gasteiger partial charge on any atom is 0.326 e. The third-order valence-corrected chi connectivity index (χ3v) is 2.97. The molecule has 1 atom stereocenters. The summed E-state index contributed by atoms with van der Waals surface area (Å²) in [7, 11) is 0. The van der Waals surface area contributed by atoms with Crippen molar-refractivity contribution >= 4 is 17.9 Å². The highest BCUT2D eigenvalue weighted by atomic mass is 16.4. The number of hydrogen-bond donors (Lipinski definition) is 4. The molecule has 20 heavy (non-hydrogen) atoms. The summed E-state index contributed by atoms with van der Waals surface area (Å²) in [6.07, 6.45) is 2.26. The van der Waals surface area contributed by atoms with Crippen LogP contribution in [0.2, 0.25) is 0 Å². The maximum absolute atomic E-state index is 11.5. The monoisotopic (exact) mass is 285 g/mol. The van der Waals surface area contributed by atoms with E-state index in [1.165, 1.54) is 0 Å². The lowest BCUT2D eigenvalue weighted by molar-refractivity contribution is -0.139. The van der Waals surface area contributed by atoms with E-state index in [4.69, 9.17) is 5.11 Å². The van der Waals surface area contributed by atoms with Crippen LogP contribution in [0.1, 0.15) is 33.1 Å². The van der Waals surface area contributed by atoms with Crippen molar-refractivity contribution in [2.24, 2.45) is 11.8 Å². The largest absolute Gasteiger partial charge is 0.480 e. The van der Waals surface area contributed by atoms with Gasteiger partial charge in [0.1, 0.15) is 6.04 Å². The Morgan fingerprint density at radius 1 is 1.15 bits per heavy atom. The van der Waals surface area contributed by atoms with E-state index < -0.39 is 18.0 Å². The topological polar surface area (TPSA) is 108 Å². The molecule has 0 heterocycles. The normalized spacial score (nSPS) is 15.6. The van der Waals surface area contributed by atoms with Crippen LogP contribution in [-0.4, -0.2) is 42.1 Å². The second-order valence-corrected chi connectivity index (χ2v) is 5.49. The lowest BCUT2D eigenvalue weighted by Crippen LogP contribution is -2.48. The predicted octanol–water partition coefficient (Wildman–Crippen LogP) is 0.311. The lowest BCUT2D eigenvalue weighted by Gasteiger charge is -2.17. The van der Waals surface area contributed by atoms with E-state index in [1.807, 2.05) is 13.8 Å². The van der Waals surface area contributed by atoms with Gasteiger partial charge in [-0.25, -0.2) is 9.59 Å². The standard InChI is InChI=1S/C13H23N3O4/c1-8(2)7-10(12(18)19)16-13(20)15-6-5-14-11(17)9-3-4-9/h8-10H,3-7H2,1-2H3,(H,14,17)(H,18,19)(H2,15,16,20)/t10-/m0/s1. The molecular weight excluding hydrogens is 262 g/mol. The zero-order valence-corrected chi connectivity index (χ0v) is 11.9. The molecule has 0 aliphatic heterocycles. The van der Waals surface area contributed by atoms with Crippen LogP contribution in [0.3, 0.4) is 0 Å². The molecule has 0 aromatic rings. The molecule has 7 heteroatoms. The molecule has 114 valence electrons. The maximum atomic E-state index is 11.5. The molecule has 1 aliphatic rings. The summed E-state index contributed by atoms with van der Waals surface area (Å²) in [5, 5.41) is 16.6. The third kappa shape index (κ3) is 6.40. The Morgan fingerprint density at radius 3 is 2.25 bits per heavy atom. The van der Waals surface area contributed by atoms with E-state index in [2.05, 4.69) is 16.0 Å². The first-order valence-corrected chi connectivity index (χ1v) is 6.95. The number of rotatable bonds is 8. The molecule has 0 radical (unpaired) electrons. The van der Waals surface area contributed by atoms with Crippen LogP contribution in [0.15, 0.2) is 0 Å². The van der Waals surface area contributed by atoms with E-state index in [-0.39, 0.29) is 24.3 Å². The highest BCUT2D eigenvalue weighted by Gasteiger charge is 2.29. The zero-order chi connectivity index (χ0) is 15.1. The Kier molecular flexibility index (Phi) is 6.27. The first kappa shape index (κ1) is 16.3. The minimum atomic E-state index is -1.05. The summed E-state index contributed by atoms with van der Waals surface area (Å²) < 4.78 is 0. The molecule has 7 nitrogen and oxygen atoms in total. The predicted molar refractivity (Wildman–Crippen MR) is 73.1 cm³/mol. The Labute approximate surface area is 118 Å². The van der Waals surface area contributed by atoms with Crippen molar-refractivity contribution in [3.05, 3.63) is 0 Å². The third-order valence-electron chi connectivity index (χ3n) is 2.97. The molecular formula is C13H23N3O4. The number of carbonyl (C=O) groups is 3. The molecule has 1 fully saturated rings. The molecule has 1 saturated carbocycles. The Hall–Kier alpha value is -1.79. The van der Waals surface area contributed by atoms with Gasteiger partial charge in [-0.15, -0.1) is 0 Å². The summed E-state index contributed by atoms with van der Waals surface area (Å²) in [5.74, 6) is -0.702. The summed E-state index contributed by atoms with van der Waals surface area (Å²) in [6.45, 7) is 4.41. The summed E-state index contributed by atoms with van der Waals surface area (Å²) in [4.78, 5) is 33.8. The summed E-state index contributed by atoms with van der Waals surface area (Å²) in [6, 6.07) is -1.42. The van der Waals surface area contributed by atoms with Gasteiger partial charge in [-0.3, -0.25) is 4.79 Å². The SMILES string of the molecule is CC(C)C[C@H](NC(=O)NCCNC(=O)C1CC1)C(=O)O. The van der Waals surface area contributed by atoms with Gasteiger partial charge in [0.2, 0.25) is 5.91 Å². The van der Waals surface area contributed by atoms with Crippen LogP contribution in [0.5, 0.6) is 0 Å². The molecule has 0 aromatic heterocycles. The lowest BCUT2D eigenvalue weighted by atomic mass is 10.0. The van der Waals surface area contributed by atoms with Gasteiger partial charge in [-0.05, 0) is 25.2 Å². The smallest absolute Gasteiger partial charge is 0.326 e. The number of carbonyl (C=O) groups excluding carboxylic acids is 2. The molecule has 0 bridgehead atoms. The number of hydrogen-bond acceptors (Lipinski definition) is 3. The van der Waals surface area contributed by atoms with Crippen molar-refractivity contribution < 1.29 is 19.5 Å². The van der Waals surface area contributed by atoms with Crippen LogP contribution in [0.4, 0.5) is 4.79 Å². The number of carboxylic acids is 1. The molecule has 0 spiro atoms. The molecule has 1 aliphatic carbocycles. The highest BCUT2D eigenvalue weighted by Crippen LogP contribution is 2.28. The molecule has 4 N–H and O–H groups in total. The second-order valence-electron chi connectivity index (χ2n) is 5.49. The van der Waals surface area contributed by atoms with Gasteiger partial charge in [-0.2, -0.15) is 0 Å². The van der Waals surface area contributed by atoms with Crippen molar-refractivity contribution in [1.29, 1.82) is 0 Å². The Morgan fingerprint density at radius 2 is 1.75 bits per heavy atom. The first-order chi connectivity index (χ1) is 9.40. The van der Waals surface area contributed by atoms with Crippen LogP contribution in [-0.2, 0) is 9.59 Å². The fraction of sp³-hybridized carbons (Fsp3) is 0.769. The molecule has 0 unspecified atom stereocenters. The second kappa shape index (κ2) is 7.72. The number of nitrogens with one attached hydrogen (secondary N) is 3. The van der Waals surface area contributed by atoms with Crippen molar-refractivity contribution in [3.8, 4) is 0 Å². The average molecular weight is 285 g/mol. The van der Waals surface area contributed by atoms with Gasteiger partial charge < -0.3 is 21.1 Å².